The molecule has 0 unspecified atom stereocenters. The maximum absolute atomic E-state index is 13.5. The number of aliphatic hydroxyl groups is 1. The second-order valence-corrected chi connectivity index (χ2v) is 9.13. The Morgan fingerprint density at radius 2 is 1.86 bits per heavy atom. The number of pyridine rings is 1. The van der Waals surface area contributed by atoms with Crippen LogP contribution in [0, 0.1) is 17.8 Å². The first kappa shape index (κ1) is 18.9. The molecular formula is C22H29N3O4. The maximum Gasteiger partial charge on any atom is 0.250 e. The summed E-state index contributed by atoms with van der Waals surface area (Å²) >= 11 is 0. The predicted octanol–water partition coefficient (Wildman–Crippen LogP) is 1.15. The van der Waals surface area contributed by atoms with Gasteiger partial charge in [0.15, 0.2) is 0 Å². The molecule has 7 heteroatoms. The molecule has 4 atom stereocenters. The van der Waals surface area contributed by atoms with E-state index in [0.717, 1.165) is 50.9 Å². The minimum absolute atomic E-state index is 0.00133. The molecule has 3 aliphatic heterocycles. The van der Waals surface area contributed by atoms with Gasteiger partial charge in [0.1, 0.15) is 6.04 Å². The Kier molecular flexibility index (Phi) is 4.73. The molecule has 4 heterocycles. The number of amides is 2. The van der Waals surface area contributed by atoms with Gasteiger partial charge >= 0.3 is 0 Å². The van der Waals surface area contributed by atoms with E-state index in [9.17, 15) is 19.5 Å². The predicted molar refractivity (Wildman–Crippen MR) is 106 cm³/mol. The number of aliphatic hydroxyl groups excluding tert-OH is 1. The smallest absolute Gasteiger partial charge is 0.250 e. The van der Waals surface area contributed by atoms with E-state index in [1.54, 1.807) is 15.5 Å². The number of carbonyl (C=O) groups is 2. The monoisotopic (exact) mass is 399 g/mol. The van der Waals surface area contributed by atoms with Crippen LogP contribution in [0.1, 0.15) is 50.3 Å². The summed E-state index contributed by atoms with van der Waals surface area (Å²) in [6, 6.07) is 4.24. The number of fused-ring (bicyclic) bond motifs is 3. The maximum atomic E-state index is 13.5. The van der Waals surface area contributed by atoms with Crippen molar-refractivity contribution in [1.29, 1.82) is 0 Å². The highest BCUT2D eigenvalue weighted by Gasteiger charge is 2.58. The largest absolute Gasteiger partial charge is 0.396 e. The highest BCUT2D eigenvalue weighted by molar-refractivity contribution is 5.89. The molecule has 1 aromatic heterocycles. The summed E-state index contributed by atoms with van der Waals surface area (Å²) in [4.78, 5) is 43.0. The number of piperidine rings is 1. The number of aromatic nitrogens is 1. The zero-order valence-electron chi connectivity index (χ0n) is 16.7. The van der Waals surface area contributed by atoms with Crippen LogP contribution in [0.5, 0.6) is 0 Å². The number of hydrogen-bond donors (Lipinski definition) is 1. The summed E-state index contributed by atoms with van der Waals surface area (Å²) in [6.07, 6.45) is 5.70. The Labute approximate surface area is 170 Å². The summed E-state index contributed by atoms with van der Waals surface area (Å²) in [7, 11) is 0. The summed E-state index contributed by atoms with van der Waals surface area (Å²) in [5.41, 5.74) is 0.723. The standard InChI is InChI=1S/C22H29N3O4/c26-13-16-15-12-24-17(5-4-6-18(24)27)20(15)25(19(28)11-14-7-8-14)21(16)22(29)23-9-2-1-3-10-23/h4-6,14-16,20-21,26H,1-3,7-13H2/t15-,16-,20+,21-/m1/s1. The van der Waals surface area contributed by atoms with Crippen molar-refractivity contribution in [2.24, 2.45) is 17.8 Å². The minimum atomic E-state index is -0.622. The molecule has 2 amide bonds. The molecule has 1 aromatic rings. The van der Waals surface area contributed by atoms with Gasteiger partial charge in [0.2, 0.25) is 11.8 Å². The Bertz CT molecular complexity index is 871. The molecule has 1 N–H and O–H groups in total. The fourth-order valence-electron chi connectivity index (χ4n) is 5.67. The fourth-order valence-corrected chi connectivity index (χ4v) is 5.67. The Balaban J connectivity index is 1.54. The number of carbonyl (C=O) groups excluding carboxylic acids is 2. The van der Waals surface area contributed by atoms with Gasteiger partial charge in [0.05, 0.1) is 6.04 Å². The lowest BCUT2D eigenvalue weighted by molar-refractivity contribution is -0.148. The van der Waals surface area contributed by atoms with Crippen LogP contribution >= 0.6 is 0 Å². The normalized spacial score (nSPS) is 30.9. The Morgan fingerprint density at radius 3 is 2.55 bits per heavy atom. The number of nitrogens with zero attached hydrogens (tertiary/aromatic N) is 3. The van der Waals surface area contributed by atoms with E-state index in [2.05, 4.69) is 0 Å². The lowest BCUT2D eigenvalue weighted by Gasteiger charge is -2.36. The lowest BCUT2D eigenvalue weighted by atomic mass is 9.88. The van der Waals surface area contributed by atoms with Crippen LogP contribution in [0.25, 0.3) is 0 Å². The third-order valence-corrected chi connectivity index (χ3v) is 7.32. The molecule has 4 aliphatic rings. The van der Waals surface area contributed by atoms with Gasteiger partial charge in [-0.2, -0.15) is 0 Å². The highest BCUT2D eigenvalue weighted by Crippen LogP contribution is 2.50. The van der Waals surface area contributed by atoms with Crippen molar-refractivity contribution in [2.75, 3.05) is 19.7 Å². The molecule has 156 valence electrons. The highest BCUT2D eigenvalue weighted by atomic mass is 16.3. The van der Waals surface area contributed by atoms with E-state index < -0.39 is 6.04 Å². The second-order valence-electron chi connectivity index (χ2n) is 9.13. The average molecular weight is 399 g/mol. The first-order chi connectivity index (χ1) is 14.1. The first-order valence-electron chi connectivity index (χ1n) is 11.0. The van der Waals surface area contributed by atoms with Gasteiger partial charge in [-0.05, 0) is 44.1 Å². The van der Waals surface area contributed by atoms with Gasteiger partial charge in [0.25, 0.3) is 5.56 Å². The van der Waals surface area contributed by atoms with Crippen molar-refractivity contribution in [2.45, 2.75) is 57.2 Å². The van der Waals surface area contributed by atoms with Crippen molar-refractivity contribution < 1.29 is 14.7 Å². The molecule has 1 saturated carbocycles. The average Bonchev–Trinajstić information content (AvgIpc) is 3.37. The van der Waals surface area contributed by atoms with Crippen LogP contribution in [0.2, 0.25) is 0 Å². The third-order valence-electron chi connectivity index (χ3n) is 7.32. The van der Waals surface area contributed by atoms with Crippen LogP contribution in [0.4, 0.5) is 0 Å². The van der Waals surface area contributed by atoms with Crippen LogP contribution < -0.4 is 5.56 Å². The van der Waals surface area contributed by atoms with Crippen molar-refractivity contribution in [3.05, 3.63) is 34.2 Å². The van der Waals surface area contributed by atoms with E-state index in [0.29, 0.717) is 18.9 Å². The van der Waals surface area contributed by atoms with E-state index >= 15 is 0 Å². The number of likely N-dealkylation sites (tertiary alicyclic amines) is 2. The molecule has 7 nitrogen and oxygen atoms in total. The van der Waals surface area contributed by atoms with Crippen LogP contribution in [0.3, 0.4) is 0 Å². The first-order valence-corrected chi connectivity index (χ1v) is 11.0. The molecule has 2 saturated heterocycles. The summed E-state index contributed by atoms with van der Waals surface area (Å²) in [5, 5.41) is 10.3. The van der Waals surface area contributed by atoms with Gasteiger partial charge in [-0.1, -0.05) is 6.07 Å². The zero-order chi connectivity index (χ0) is 20.1. The molecule has 29 heavy (non-hydrogen) atoms. The molecule has 0 spiro atoms. The fraction of sp³-hybridized carbons (Fsp3) is 0.682. The second kappa shape index (κ2) is 7.27. The van der Waals surface area contributed by atoms with Crippen LogP contribution in [-0.2, 0) is 16.1 Å². The summed E-state index contributed by atoms with van der Waals surface area (Å²) in [5.74, 6) is -0.0428. The molecule has 0 aromatic carbocycles. The molecule has 5 rings (SSSR count). The zero-order valence-corrected chi connectivity index (χ0v) is 16.7. The number of rotatable bonds is 4. The summed E-state index contributed by atoms with van der Waals surface area (Å²) < 4.78 is 1.72. The van der Waals surface area contributed by atoms with Crippen molar-refractivity contribution in [3.63, 3.8) is 0 Å². The molecule has 3 fully saturated rings. The molecule has 1 aliphatic carbocycles. The van der Waals surface area contributed by atoms with Crippen molar-refractivity contribution in [1.82, 2.24) is 14.4 Å². The van der Waals surface area contributed by atoms with E-state index in [-0.39, 0.29) is 41.9 Å². The Hall–Kier alpha value is -2.15. The number of hydrogen-bond acceptors (Lipinski definition) is 4. The summed E-state index contributed by atoms with van der Waals surface area (Å²) in [6.45, 7) is 1.76. The van der Waals surface area contributed by atoms with E-state index in [1.807, 2.05) is 11.0 Å². The van der Waals surface area contributed by atoms with E-state index in [1.165, 1.54) is 6.07 Å². The lowest BCUT2D eigenvalue weighted by Crippen LogP contribution is -2.52. The quantitative estimate of drug-likeness (QED) is 0.823. The SMILES string of the molecule is O=C([C@H]1[C@H](CO)[C@H]2Cn3c(cccc3=O)[C@H]2N1C(=O)CC1CC1)N1CCCCC1. The third kappa shape index (κ3) is 3.10. The van der Waals surface area contributed by atoms with Gasteiger partial charge in [-0.25, -0.2) is 0 Å². The Morgan fingerprint density at radius 1 is 1.10 bits per heavy atom. The molecule has 0 radical (unpaired) electrons. The van der Waals surface area contributed by atoms with Crippen molar-refractivity contribution in [3.8, 4) is 0 Å². The van der Waals surface area contributed by atoms with Crippen LogP contribution in [0.15, 0.2) is 23.0 Å². The molecular weight excluding hydrogens is 370 g/mol. The van der Waals surface area contributed by atoms with Gasteiger partial charge in [-0.3, -0.25) is 14.4 Å². The van der Waals surface area contributed by atoms with Gasteiger partial charge in [0, 0.05) is 56.3 Å². The molecule has 0 bridgehead atoms. The topological polar surface area (TPSA) is 82.8 Å². The minimum Gasteiger partial charge on any atom is -0.396 e. The van der Waals surface area contributed by atoms with Crippen LogP contribution in [-0.4, -0.2) is 57.0 Å². The van der Waals surface area contributed by atoms with Gasteiger partial charge < -0.3 is 19.5 Å². The van der Waals surface area contributed by atoms with Crippen molar-refractivity contribution >= 4 is 11.8 Å². The van der Waals surface area contributed by atoms with E-state index in [4.69, 9.17) is 0 Å². The van der Waals surface area contributed by atoms with Gasteiger partial charge in [-0.15, -0.1) is 0 Å².